The Hall–Kier alpha value is -0.510. The van der Waals surface area contributed by atoms with Crippen LogP contribution in [-0.4, -0.2) is 0 Å². The van der Waals surface area contributed by atoms with Gasteiger partial charge in [-0.1, -0.05) is 20.3 Å². The summed E-state index contributed by atoms with van der Waals surface area (Å²) >= 11 is 6.04. The maximum Gasteiger partial charge on any atom is 0.197 e. The van der Waals surface area contributed by atoms with Crippen LogP contribution in [0.25, 0.3) is 0 Å². The van der Waals surface area contributed by atoms with Gasteiger partial charge in [-0.2, -0.15) is 0 Å². The minimum atomic E-state index is 0.108. The van der Waals surface area contributed by atoms with Crippen molar-refractivity contribution >= 4 is 11.6 Å². The molecule has 1 fully saturated rings. The number of nitrogens with two attached hydrogens (primary N) is 1. The lowest BCUT2D eigenvalue weighted by atomic mass is 9.72. The molecule has 0 aliphatic heterocycles. The lowest BCUT2D eigenvalue weighted by Crippen LogP contribution is -2.36. The van der Waals surface area contributed by atoms with Crippen LogP contribution in [-0.2, 0) is 0 Å². The molecular weight excluding hydrogens is 236 g/mol. The van der Waals surface area contributed by atoms with Gasteiger partial charge in [0.1, 0.15) is 0 Å². The van der Waals surface area contributed by atoms with E-state index in [0.29, 0.717) is 11.1 Å². The van der Waals surface area contributed by atoms with Crippen LogP contribution in [0.2, 0.25) is 5.22 Å². The Bertz CT molecular complexity index is 366. The Labute approximate surface area is 108 Å². The lowest BCUT2D eigenvalue weighted by molar-refractivity contribution is 0.171. The summed E-state index contributed by atoms with van der Waals surface area (Å²) < 4.78 is 5.16. The SMILES string of the molecule is CC1CCC(C(NN)c2ccoc2Cl)CC1C. The molecule has 1 aliphatic rings. The van der Waals surface area contributed by atoms with Crippen LogP contribution in [0.15, 0.2) is 16.7 Å². The van der Waals surface area contributed by atoms with Gasteiger partial charge in [0.15, 0.2) is 5.22 Å². The highest BCUT2D eigenvalue weighted by Gasteiger charge is 2.32. The zero-order chi connectivity index (χ0) is 12.4. The molecule has 1 saturated carbocycles. The van der Waals surface area contributed by atoms with Crippen molar-refractivity contribution in [2.75, 3.05) is 0 Å². The van der Waals surface area contributed by atoms with Crippen molar-refractivity contribution in [3.05, 3.63) is 23.1 Å². The first-order chi connectivity index (χ1) is 8.13. The normalized spacial score (nSPS) is 31.4. The van der Waals surface area contributed by atoms with E-state index in [1.54, 1.807) is 6.26 Å². The van der Waals surface area contributed by atoms with Crippen molar-refractivity contribution in [1.29, 1.82) is 0 Å². The van der Waals surface area contributed by atoms with E-state index in [1.807, 2.05) is 6.07 Å². The van der Waals surface area contributed by atoms with Crippen LogP contribution in [0, 0.1) is 17.8 Å². The summed E-state index contributed by atoms with van der Waals surface area (Å²) in [7, 11) is 0. The minimum Gasteiger partial charge on any atom is -0.453 e. The quantitative estimate of drug-likeness (QED) is 0.643. The number of halogens is 1. The van der Waals surface area contributed by atoms with Crippen LogP contribution >= 0.6 is 11.6 Å². The summed E-state index contributed by atoms with van der Waals surface area (Å²) in [4.78, 5) is 0. The second-order valence-corrected chi connectivity index (χ2v) is 5.66. The fourth-order valence-corrected chi connectivity index (χ4v) is 3.13. The van der Waals surface area contributed by atoms with E-state index in [-0.39, 0.29) is 6.04 Å². The molecule has 0 amide bonds. The van der Waals surface area contributed by atoms with Gasteiger partial charge in [0.25, 0.3) is 0 Å². The number of rotatable bonds is 3. The van der Waals surface area contributed by atoms with Gasteiger partial charge < -0.3 is 4.42 Å². The van der Waals surface area contributed by atoms with E-state index in [4.69, 9.17) is 21.9 Å². The fraction of sp³-hybridized carbons (Fsp3) is 0.692. The summed E-state index contributed by atoms with van der Waals surface area (Å²) in [6.45, 7) is 4.65. The van der Waals surface area contributed by atoms with Crippen molar-refractivity contribution < 1.29 is 4.42 Å². The summed E-state index contributed by atoms with van der Waals surface area (Å²) in [6.07, 6.45) is 5.27. The van der Waals surface area contributed by atoms with Crippen LogP contribution in [0.3, 0.4) is 0 Å². The fourth-order valence-electron chi connectivity index (χ4n) is 2.90. The molecule has 0 saturated heterocycles. The predicted octanol–water partition coefficient (Wildman–Crippen LogP) is 3.51. The van der Waals surface area contributed by atoms with Crippen molar-refractivity contribution in [1.82, 2.24) is 5.43 Å². The molecule has 3 nitrogen and oxygen atoms in total. The molecule has 2 rings (SSSR count). The van der Waals surface area contributed by atoms with Crippen molar-refractivity contribution in [2.24, 2.45) is 23.6 Å². The van der Waals surface area contributed by atoms with Gasteiger partial charge in [0.05, 0.1) is 12.3 Å². The smallest absolute Gasteiger partial charge is 0.197 e. The Balaban J connectivity index is 2.12. The maximum atomic E-state index is 6.04. The van der Waals surface area contributed by atoms with E-state index in [1.165, 1.54) is 19.3 Å². The van der Waals surface area contributed by atoms with E-state index in [0.717, 1.165) is 17.4 Å². The highest BCUT2D eigenvalue weighted by atomic mass is 35.5. The molecular formula is C13H21ClN2O. The van der Waals surface area contributed by atoms with Crippen molar-refractivity contribution in [2.45, 2.75) is 39.2 Å². The lowest BCUT2D eigenvalue weighted by Gasteiger charge is -2.36. The van der Waals surface area contributed by atoms with E-state index >= 15 is 0 Å². The van der Waals surface area contributed by atoms with Crippen LogP contribution < -0.4 is 11.3 Å². The number of hydrogen-bond donors (Lipinski definition) is 2. The third kappa shape index (κ3) is 2.67. The molecule has 0 radical (unpaired) electrons. The number of hydrazine groups is 1. The zero-order valence-corrected chi connectivity index (χ0v) is 11.2. The molecule has 4 atom stereocenters. The summed E-state index contributed by atoms with van der Waals surface area (Å²) in [5, 5.41) is 0.458. The molecule has 1 aromatic rings. The summed E-state index contributed by atoms with van der Waals surface area (Å²) in [6, 6.07) is 2.02. The average Bonchev–Trinajstić information content (AvgIpc) is 2.71. The molecule has 4 unspecified atom stereocenters. The first kappa shape index (κ1) is 12.9. The number of furan rings is 1. The molecule has 17 heavy (non-hydrogen) atoms. The topological polar surface area (TPSA) is 51.2 Å². The first-order valence-electron chi connectivity index (χ1n) is 6.32. The Morgan fingerprint density at radius 3 is 2.71 bits per heavy atom. The van der Waals surface area contributed by atoms with Gasteiger partial charge in [-0.05, 0) is 48.3 Å². The number of nitrogens with one attached hydrogen (secondary N) is 1. The Morgan fingerprint density at radius 1 is 1.41 bits per heavy atom. The third-order valence-electron chi connectivity index (χ3n) is 4.27. The molecule has 4 heteroatoms. The Morgan fingerprint density at radius 2 is 2.18 bits per heavy atom. The highest BCUT2D eigenvalue weighted by Crippen LogP contribution is 2.41. The van der Waals surface area contributed by atoms with Crippen LogP contribution in [0.4, 0.5) is 0 Å². The minimum absolute atomic E-state index is 0.108. The van der Waals surface area contributed by atoms with Gasteiger partial charge in [-0.15, -0.1) is 0 Å². The molecule has 3 N–H and O–H groups in total. The van der Waals surface area contributed by atoms with Gasteiger partial charge in [-0.25, -0.2) is 0 Å². The van der Waals surface area contributed by atoms with Crippen molar-refractivity contribution in [3.8, 4) is 0 Å². The maximum absolute atomic E-state index is 6.04. The molecule has 0 aromatic carbocycles. The predicted molar refractivity (Wildman–Crippen MR) is 69.5 cm³/mol. The second-order valence-electron chi connectivity index (χ2n) is 5.32. The van der Waals surface area contributed by atoms with E-state index < -0.39 is 0 Å². The largest absolute Gasteiger partial charge is 0.453 e. The molecule has 0 bridgehead atoms. The molecule has 1 heterocycles. The standard InChI is InChI=1S/C13H21ClN2O/c1-8-3-4-10(7-9(8)2)12(16-15)11-5-6-17-13(11)14/h5-6,8-10,12,16H,3-4,7,15H2,1-2H3. The van der Waals surface area contributed by atoms with E-state index in [9.17, 15) is 0 Å². The van der Waals surface area contributed by atoms with Gasteiger partial charge in [0, 0.05) is 5.56 Å². The zero-order valence-electron chi connectivity index (χ0n) is 10.4. The Kier molecular flexibility index (Phi) is 4.13. The van der Waals surface area contributed by atoms with Crippen LogP contribution in [0.1, 0.15) is 44.7 Å². The van der Waals surface area contributed by atoms with Crippen LogP contribution in [0.5, 0.6) is 0 Å². The highest BCUT2D eigenvalue weighted by molar-refractivity contribution is 6.29. The summed E-state index contributed by atoms with van der Waals surface area (Å²) in [5.74, 6) is 7.79. The first-order valence-corrected chi connectivity index (χ1v) is 6.70. The molecule has 0 spiro atoms. The monoisotopic (exact) mass is 256 g/mol. The van der Waals surface area contributed by atoms with Gasteiger partial charge >= 0.3 is 0 Å². The number of hydrogen-bond acceptors (Lipinski definition) is 3. The molecule has 1 aromatic heterocycles. The van der Waals surface area contributed by atoms with Gasteiger partial charge in [-0.3, -0.25) is 11.3 Å². The second kappa shape index (κ2) is 5.42. The molecule has 1 aliphatic carbocycles. The van der Waals surface area contributed by atoms with Gasteiger partial charge in [0.2, 0.25) is 0 Å². The average molecular weight is 257 g/mol. The third-order valence-corrected chi connectivity index (χ3v) is 4.58. The summed E-state index contributed by atoms with van der Waals surface area (Å²) in [5.41, 5.74) is 3.89. The van der Waals surface area contributed by atoms with E-state index in [2.05, 4.69) is 19.3 Å². The molecule has 96 valence electrons. The van der Waals surface area contributed by atoms with Crippen molar-refractivity contribution in [3.63, 3.8) is 0 Å².